The van der Waals surface area contributed by atoms with E-state index in [0.29, 0.717) is 0 Å². The Balaban J connectivity index is 2.22. The van der Waals surface area contributed by atoms with Crippen molar-refractivity contribution < 1.29 is 27.1 Å². The molecular weight excluding hydrogens is 353 g/mol. The number of halogens is 1. The number of ether oxygens (including phenoxy) is 1. The molecule has 2 amide bonds. The van der Waals surface area contributed by atoms with E-state index >= 15 is 0 Å². The molecule has 8 nitrogen and oxygen atoms in total. The van der Waals surface area contributed by atoms with Crippen LogP contribution in [0.4, 0.5) is 4.39 Å². The normalized spacial score (nSPS) is 15.6. The molecule has 0 spiro atoms. The van der Waals surface area contributed by atoms with Gasteiger partial charge in [0.1, 0.15) is 10.7 Å². The molecule has 2 rings (SSSR count). The van der Waals surface area contributed by atoms with Crippen LogP contribution < -0.4 is 5.32 Å². The maximum Gasteiger partial charge on any atom is 0.251 e. The molecule has 0 aliphatic carbocycles. The summed E-state index contributed by atoms with van der Waals surface area (Å²) in [5.74, 6) is -1.92. The first-order valence-corrected chi connectivity index (χ1v) is 9.03. The molecule has 1 aliphatic rings. The van der Waals surface area contributed by atoms with Gasteiger partial charge in [-0.25, -0.2) is 12.8 Å². The number of likely N-dealkylation sites (N-methyl/N-ethyl adjacent to an activating group) is 1. The van der Waals surface area contributed by atoms with Gasteiger partial charge in [-0.15, -0.1) is 0 Å². The fourth-order valence-corrected chi connectivity index (χ4v) is 3.68. The molecule has 1 aromatic carbocycles. The van der Waals surface area contributed by atoms with E-state index in [-0.39, 0.29) is 44.3 Å². The highest BCUT2D eigenvalue weighted by atomic mass is 32.2. The van der Waals surface area contributed by atoms with Gasteiger partial charge in [-0.2, -0.15) is 4.31 Å². The summed E-state index contributed by atoms with van der Waals surface area (Å²) in [6.07, 6.45) is 0. The zero-order valence-corrected chi connectivity index (χ0v) is 14.8. The molecule has 138 valence electrons. The SMILES string of the molecule is CN(C)C(=O)CNC(=O)c1ccc(F)c(S(=O)(=O)N2CCOCC2)c1. The molecule has 1 saturated heterocycles. The number of hydrogen-bond donors (Lipinski definition) is 1. The predicted molar refractivity (Wildman–Crippen MR) is 87.0 cm³/mol. The Kier molecular flexibility index (Phi) is 6.09. The van der Waals surface area contributed by atoms with Gasteiger partial charge in [0.2, 0.25) is 15.9 Å². The summed E-state index contributed by atoms with van der Waals surface area (Å²) in [6.45, 7) is 0.459. The highest BCUT2D eigenvalue weighted by Crippen LogP contribution is 2.21. The van der Waals surface area contributed by atoms with Crippen molar-refractivity contribution in [3.05, 3.63) is 29.6 Å². The lowest BCUT2D eigenvalue weighted by Gasteiger charge is -2.26. The summed E-state index contributed by atoms with van der Waals surface area (Å²) in [4.78, 5) is 24.3. The molecular formula is C15H20FN3O5S. The van der Waals surface area contributed by atoms with Gasteiger partial charge in [-0.05, 0) is 18.2 Å². The van der Waals surface area contributed by atoms with Gasteiger partial charge in [0, 0.05) is 32.7 Å². The maximum atomic E-state index is 14.1. The molecule has 0 unspecified atom stereocenters. The van der Waals surface area contributed by atoms with Crippen LogP contribution in [-0.4, -0.2) is 76.4 Å². The maximum absolute atomic E-state index is 14.1. The summed E-state index contributed by atoms with van der Waals surface area (Å²) in [7, 11) is -0.988. The third kappa shape index (κ3) is 4.53. The number of sulfonamides is 1. The van der Waals surface area contributed by atoms with Crippen LogP contribution in [0.1, 0.15) is 10.4 Å². The second-order valence-electron chi connectivity index (χ2n) is 5.63. The lowest BCUT2D eigenvalue weighted by Crippen LogP contribution is -2.41. The second kappa shape index (κ2) is 7.89. The van der Waals surface area contributed by atoms with E-state index in [0.717, 1.165) is 16.4 Å². The Morgan fingerprint density at radius 2 is 1.92 bits per heavy atom. The van der Waals surface area contributed by atoms with Gasteiger partial charge >= 0.3 is 0 Å². The van der Waals surface area contributed by atoms with Crippen molar-refractivity contribution in [3.63, 3.8) is 0 Å². The minimum atomic E-state index is -4.07. The summed E-state index contributed by atoms with van der Waals surface area (Å²) in [5, 5.41) is 2.38. The number of hydrogen-bond acceptors (Lipinski definition) is 5. The van der Waals surface area contributed by atoms with Gasteiger partial charge in [0.15, 0.2) is 0 Å². The van der Waals surface area contributed by atoms with Crippen LogP contribution >= 0.6 is 0 Å². The number of carbonyl (C=O) groups excluding carboxylic acids is 2. The Labute approximate surface area is 145 Å². The van der Waals surface area contributed by atoms with Crippen LogP contribution in [0.5, 0.6) is 0 Å². The van der Waals surface area contributed by atoms with E-state index in [2.05, 4.69) is 5.32 Å². The molecule has 10 heteroatoms. The number of nitrogens with one attached hydrogen (secondary N) is 1. The van der Waals surface area contributed by atoms with E-state index in [1.807, 2.05) is 0 Å². The van der Waals surface area contributed by atoms with Crippen molar-refractivity contribution in [2.45, 2.75) is 4.90 Å². The van der Waals surface area contributed by atoms with E-state index in [1.54, 1.807) is 14.1 Å². The molecule has 0 saturated carbocycles. The zero-order valence-electron chi connectivity index (χ0n) is 14.0. The fourth-order valence-electron chi connectivity index (χ4n) is 2.18. The van der Waals surface area contributed by atoms with E-state index in [4.69, 9.17) is 4.74 Å². The van der Waals surface area contributed by atoms with E-state index in [9.17, 15) is 22.4 Å². The highest BCUT2D eigenvalue weighted by Gasteiger charge is 2.29. The number of nitrogens with zero attached hydrogens (tertiary/aromatic N) is 2. The van der Waals surface area contributed by atoms with Gasteiger partial charge in [-0.1, -0.05) is 0 Å². The smallest absolute Gasteiger partial charge is 0.251 e. The summed E-state index contributed by atoms with van der Waals surface area (Å²) in [5.41, 5.74) is -0.0419. The van der Waals surface area contributed by atoms with Crippen molar-refractivity contribution in [1.82, 2.24) is 14.5 Å². The van der Waals surface area contributed by atoms with Crippen molar-refractivity contribution in [3.8, 4) is 0 Å². The van der Waals surface area contributed by atoms with Gasteiger partial charge < -0.3 is 15.0 Å². The number of rotatable bonds is 5. The lowest BCUT2D eigenvalue weighted by atomic mass is 10.2. The van der Waals surface area contributed by atoms with Crippen LogP contribution in [0.15, 0.2) is 23.1 Å². The first-order valence-electron chi connectivity index (χ1n) is 7.59. The molecule has 0 radical (unpaired) electrons. The summed E-state index contributed by atoms with van der Waals surface area (Å²) in [6, 6.07) is 3.08. The van der Waals surface area contributed by atoms with Crippen LogP contribution in [-0.2, 0) is 19.6 Å². The van der Waals surface area contributed by atoms with Crippen LogP contribution in [0.25, 0.3) is 0 Å². The average molecular weight is 373 g/mol. The Bertz CT molecular complexity index is 760. The molecule has 1 aliphatic heterocycles. The molecule has 0 bridgehead atoms. The fraction of sp³-hybridized carbons (Fsp3) is 0.467. The molecule has 25 heavy (non-hydrogen) atoms. The Morgan fingerprint density at radius 1 is 1.28 bits per heavy atom. The third-order valence-corrected chi connectivity index (χ3v) is 5.59. The van der Waals surface area contributed by atoms with Crippen LogP contribution in [0.2, 0.25) is 0 Å². The second-order valence-corrected chi connectivity index (χ2v) is 7.54. The topological polar surface area (TPSA) is 96.0 Å². The molecule has 1 heterocycles. The largest absolute Gasteiger partial charge is 0.379 e. The number of morpholine rings is 1. The molecule has 1 aromatic rings. The molecule has 1 N–H and O–H groups in total. The quantitative estimate of drug-likeness (QED) is 0.762. The minimum Gasteiger partial charge on any atom is -0.379 e. The Morgan fingerprint density at radius 3 is 2.52 bits per heavy atom. The minimum absolute atomic E-state index is 0.0419. The van der Waals surface area contributed by atoms with Crippen molar-refractivity contribution in [1.29, 1.82) is 0 Å². The highest BCUT2D eigenvalue weighted by molar-refractivity contribution is 7.89. The Hall–Kier alpha value is -2.04. The van der Waals surface area contributed by atoms with Gasteiger partial charge in [0.05, 0.1) is 19.8 Å². The van der Waals surface area contributed by atoms with Gasteiger partial charge in [0.25, 0.3) is 5.91 Å². The number of amides is 2. The van der Waals surface area contributed by atoms with Crippen LogP contribution in [0.3, 0.4) is 0 Å². The first-order chi connectivity index (χ1) is 11.7. The van der Waals surface area contributed by atoms with Crippen LogP contribution in [0, 0.1) is 5.82 Å². The third-order valence-electron chi connectivity index (χ3n) is 3.68. The summed E-state index contributed by atoms with van der Waals surface area (Å²) < 4.78 is 45.4. The zero-order chi connectivity index (χ0) is 18.6. The van der Waals surface area contributed by atoms with Gasteiger partial charge in [-0.3, -0.25) is 9.59 Å². The van der Waals surface area contributed by atoms with E-state index in [1.165, 1.54) is 11.0 Å². The summed E-state index contributed by atoms with van der Waals surface area (Å²) >= 11 is 0. The lowest BCUT2D eigenvalue weighted by molar-refractivity contribution is -0.127. The van der Waals surface area contributed by atoms with E-state index < -0.39 is 26.6 Å². The standard InChI is InChI=1S/C15H20FN3O5S/c1-18(2)14(20)10-17-15(21)11-3-4-12(16)13(9-11)25(22,23)19-5-7-24-8-6-19/h3-4,9H,5-8,10H2,1-2H3,(H,17,21). The number of benzene rings is 1. The number of carbonyl (C=O) groups is 2. The monoisotopic (exact) mass is 373 g/mol. The molecule has 1 fully saturated rings. The van der Waals surface area contributed by atoms with Crippen molar-refractivity contribution in [2.24, 2.45) is 0 Å². The first kappa shape index (κ1) is 19.3. The predicted octanol–water partition coefficient (Wildman–Crippen LogP) is -0.335. The van der Waals surface area contributed by atoms with Crippen molar-refractivity contribution >= 4 is 21.8 Å². The van der Waals surface area contributed by atoms with Crippen molar-refractivity contribution in [2.75, 3.05) is 46.9 Å². The molecule has 0 atom stereocenters. The molecule has 0 aromatic heterocycles. The average Bonchev–Trinajstić information content (AvgIpc) is 2.60.